The smallest absolute Gasteiger partial charge is 0.302 e. The lowest BCUT2D eigenvalue weighted by atomic mass is 11.0. The molecule has 62 valence electrons. The third kappa shape index (κ3) is 4.89. The zero-order valence-corrected chi connectivity index (χ0v) is 6.80. The van der Waals surface area contributed by atoms with Gasteiger partial charge in [0.2, 0.25) is 0 Å². The van der Waals surface area contributed by atoms with Crippen molar-refractivity contribution in [2.45, 2.75) is 6.92 Å². The molecule has 0 fully saturated rings. The van der Waals surface area contributed by atoms with Crippen LogP contribution in [0.1, 0.15) is 6.92 Å². The highest BCUT2D eigenvalue weighted by atomic mass is 32.2. The minimum Gasteiger partial charge on any atom is -0.302 e. The highest BCUT2D eigenvalue weighted by molar-refractivity contribution is 7.90. The zero-order chi connectivity index (χ0) is 8.41. The van der Waals surface area contributed by atoms with Gasteiger partial charge in [-0.1, -0.05) is 0 Å². The van der Waals surface area contributed by atoms with E-state index in [1.807, 2.05) is 0 Å². The first-order valence-electron chi connectivity index (χ1n) is 2.26. The maximum Gasteiger partial charge on any atom is 0.484 e. The van der Waals surface area contributed by atoms with Crippen LogP contribution in [-0.2, 0) is 18.7 Å². The van der Waals surface area contributed by atoms with Gasteiger partial charge >= 0.3 is 7.82 Å². The standard InChI is InChI=1S/C2H7O6PS/c1-2-10(6,7)8-9(3,4)5/h2H2,1H3,(H2,3,4,5). The molecule has 0 atom stereocenters. The average molecular weight is 190 g/mol. The van der Waals surface area contributed by atoms with Crippen LogP contribution in [-0.4, -0.2) is 24.0 Å². The van der Waals surface area contributed by atoms with Crippen LogP contribution >= 0.6 is 7.82 Å². The summed E-state index contributed by atoms with van der Waals surface area (Å²) in [5.41, 5.74) is 0. The molecule has 0 amide bonds. The van der Waals surface area contributed by atoms with E-state index < -0.39 is 23.7 Å². The summed E-state index contributed by atoms with van der Waals surface area (Å²) in [5.74, 6) is -0.460. The second-order valence-corrected chi connectivity index (χ2v) is 4.68. The van der Waals surface area contributed by atoms with Crippen molar-refractivity contribution < 1.29 is 26.7 Å². The van der Waals surface area contributed by atoms with Crippen LogP contribution in [0.2, 0.25) is 0 Å². The molecule has 0 rings (SSSR count). The van der Waals surface area contributed by atoms with Crippen molar-refractivity contribution >= 4 is 17.9 Å². The van der Waals surface area contributed by atoms with E-state index in [4.69, 9.17) is 9.79 Å². The van der Waals surface area contributed by atoms with E-state index in [2.05, 4.69) is 3.97 Å². The molecule has 6 nitrogen and oxygen atoms in total. The quantitative estimate of drug-likeness (QED) is 0.579. The summed E-state index contributed by atoms with van der Waals surface area (Å²) in [5, 5.41) is 0. The summed E-state index contributed by atoms with van der Waals surface area (Å²) in [7, 11) is -8.93. The minimum atomic E-state index is -4.89. The molecule has 0 aliphatic carbocycles. The zero-order valence-electron chi connectivity index (χ0n) is 5.09. The molecule has 0 radical (unpaired) electrons. The fourth-order valence-corrected chi connectivity index (χ4v) is 1.81. The Hall–Kier alpha value is 0.0600. The van der Waals surface area contributed by atoms with Gasteiger partial charge in [-0.2, -0.15) is 12.4 Å². The van der Waals surface area contributed by atoms with E-state index in [9.17, 15) is 13.0 Å². The third-order valence-corrected chi connectivity index (χ3v) is 2.96. The molecule has 0 aromatic rings. The second-order valence-electron chi connectivity index (χ2n) is 1.41. The average Bonchev–Trinajstić information content (AvgIpc) is 1.60. The van der Waals surface area contributed by atoms with Crippen molar-refractivity contribution in [1.29, 1.82) is 0 Å². The lowest BCUT2D eigenvalue weighted by molar-refractivity contribution is 0.285. The maximum absolute atomic E-state index is 10.3. The highest BCUT2D eigenvalue weighted by Gasteiger charge is 2.23. The van der Waals surface area contributed by atoms with Crippen LogP contribution in [0.3, 0.4) is 0 Å². The lowest BCUT2D eigenvalue weighted by Crippen LogP contribution is -2.05. The second kappa shape index (κ2) is 2.98. The highest BCUT2D eigenvalue weighted by Crippen LogP contribution is 2.38. The van der Waals surface area contributed by atoms with Crippen LogP contribution in [0.25, 0.3) is 0 Å². The summed E-state index contributed by atoms with van der Waals surface area (Å²) in [6.45, 7) is 1.21. The molecule has 0 spiro atoms. The Labute approximate surface area is 58.2 Å². The van der Waals surface area contributed by atoms with Crippen molar-refractivity contribution in [3.8, 4) is 0 Å². The molecule has 0 aliphatic heterocycles. The normalized spacial score (nSPS) is 13.5. The topological polar surface area (TPSA) is 101 Å². The van der Waals surface area contributed by atoms with Gasteiger partial charge in [0.1, 0.15) is 0 Å². The van der Waals surface area contributed by atoms with E-state index in [0.717, 1.165) is 0 Å². The van der Waals surface area contributed by atoms with Gasteiger partial charge < -0.3 is 9.79 Å². The number of phosphoric acid groups is 1. The SMILES string of the molecule is CCS(=O)(=O)OP(=O)(O)O. The molecule has 0 heterocycles. The molecular formula is C2H7O6PS. The first kappa shape index (κ1) is 10.1. The van der Waals surface area contributed by atoms with Crippen molar-refractivity contribution in [1.82, 2.24) is 0 Å². The molecule has 10 heavy (non-hydrogen) atoms. The van der Waals surface area contributed by atoms with E-state index in [0.29, 0.717) is 0 Å². The van der Waals surface area contributed by atoms with Crippen LogP contribution in [0.4, 0.5) is 0 Å². The Morgan fingerprint density at radius 1 is 1.50 bits per heavy atom. The predicted octanol–water partition coefficient (Wildman–Crippen LogP) is -0.555. The first-order chi connectivity index (χ1) is 4.27. The minimum absolute atomic E-state index is 0.460. The molecule has 0 bridgehead atoms. The van der Waals surface area contributed by atoms with Gasteiger partial charge in [-0.3, -0.25) is 0 Å². The molecule has 0 unspecified atom stereocenters. The number of hydrogen-bond acceptors (Lipinski definition) is 4. The Balaban J connectivity index is 4.33. The van der Waals surface area contributed by atoms with E-state index in [1.165, 1.54) is 6.92 Å². The lowest BCUT2D eigenvalue weighted by Gasteiger charge is -2.01. The van der Waals surface area contributed by atoms with Crippen molar-refractivity contribution in [3.05, 3.63) is 0 Å². The van der Waals surface area contributed by atoms with Crippen LogP contribution in [0.15, 0.2) is 0 Å². The van der Waals surface area contributed by atoms with Gasteiger partial charge in [-0.25, -0.2) is 4.57 Å². The number of rotatable bonds is 3. The summed E-state index contributed by atoms with van der Waals surface area (Å²) >= 11 is 0. The largest absolute Gasteiger partial charge is 0.484 e. The van der Waals surface area contributed by atoms with E-state index in [1.54, 1.807) is 0 Å². The Kier molecular flexibility index (Phi) is 3.00. The van der Waals surface area contributed by atoms with E-state index >= 15 is 0 Å². The van der Waals surface area contributed by atoms with Crippen molar-refractivity contribution in [2.24, 2.45) is 0 Å². The Morgan fingerprint density at radius 2 is 1.90 bits per heavy atom. The maximum atomic E-state index is 10.3. The summed E-state index contributed by atoms with van der Waals surface area (Å²) in [6, 6.07) is 0. The fraction of sp³-hybridized carbons (Fsp3) is 1.00. The van der Waals surface area contributed by atoms with Gasteiger partial charge in [-0.05, 0) is 6.92 Å². The molecule has 0 aromatic heterocycles. The summed E-state index contributed by atoms with van der Waals surface area (Å²) in [4.78, 5) is 16.0. The van der Waals surface area contributed by atoms with Gasteiger partial charge in [-0.15, -0.1) is 0 Å². The molecule has 0 aromatic carbocycles. The molecular weight excluding hydrogens is 183 g/mol. The summed E-state index contributed by atoms with van der Waals surface area (Å²) in [6.07, 6.45) is 0. The van der Waals surface area contributed by atoms with Gasteiger partial charge in [0.05, 0.1) is 5.75 Å². The Bertz CT molecular complexity index is 234. The Morgan fingerprint density at radius 3 is 2.00 bits per heavy atom. The molecule has 2 N–H and O–H groups in total. The summed E-state index contributed by atoms with van der Waals surface area (Å²) < 4.78 is 33.9. The van der Waals surface area contributed by atoms with Crippen molar-refractivity contribution in [2.75, 3.05) is 5.75 Å². The van der Waals surface area contributed by atoms with Crippen LogP contribution in [0.5, 0.6) is 0 Å². The molecule has 0 saturated heterocycles. The van der Waals surface area contributed by atoms with Crippen molar-refractivity contribution in [3.63, 3.8) is 0 Å². The van der Waals surface area contributed by atoms with Crippen LogP contribution in [0, 0.1) is 0 Å². The fourth-order valence-electron chi connectivity index (χ4n) is 0.201. The molecule has 0 aliphatic rings. The number of hydrogen-bond donors (Lipinski definition) is 2. The van der Waals surface area contributed by atoms with Gasteiger partial charge in [0.25, 0.3) is 10.1 Å². The monoisotopic (exact) mass is 190 g/mol. The third-order valence-electron chi connectivity index (χ3n) is 0.564. The first-order valence-corrected chi connectivity index (χ1v) is 5.37. The predicted molar refractivity (Wildman–Crippen MR) is 32.6 cm³/mol. The molecule has 0 saturated carbocycles. The van der Waals surface area contributed by atoms with Crippen LogP contribution < -0.4 is 0 Å². The van der Waals surface area contributed by atoms with Gasteiger partial charge in [0, 0.05) is 0 Å². The van der Waals surface area contributed by atoms with E-state index in [-0.39, 0.29) is 0 Å². The van der Waals surface area contributed by atoms with Gasteiger partial charge in [0.15, 0.2) is 0 Å². The molecule has 8 heteroatoms.